The van der Waals surface area contributed by atoms with Gasteiger partial charge in [0, 0.05) is 13.6 Å². The lowest BCUT2D eigenvalue weighted by Gasteiger charge is -2.05. The highest BCUT2D eigenvalue weighted by atomic mass is 16.1. The van der Waals surface area contributed by atoms with E-state index in [-0.39, 0.29) is 5.69 Å². The van der Waals surface area contributed by atoms with E-state index in [2.05, 4.69) is 0 Å². The van der Waals surface area contributed by atoms with E-state index in [9.17, 15) is 4.79 Å². The largest absolute Gasteiger partial charge is 0.333 e. The summed E-state index contributed by atoms with van der Waals surface area (Å²) in [6.07, 6.45) is 0. The summed E-state index contributed by atoms with van der Waals surface area (Å²) in [6, 6.07) is 15.5. The molecular weight excluding hydrogens is 238 g/mol. The van der Waals surface area contributed by atoms with Crippen molar-refractivity contribution < 1.29 is 0 Å². The molecule has 2 N–H and O–H groups in total. The average Bonchev–Trinajstić information content (AvgIpc) is 2.72. The summed E-state index contributed by atoms with van der Waals surface area (Å²) in [6.45, 7) is 0.466. The first-order valence-electron chi connectivity index (χ1n) is 6.18. The van der Waals surface area contributed by atoms with Crippen LogP contribution in [0.2, 0.25) is 0 Å². The zero-order chi connectivity index (χ0) is 13.4. The monoisotopic (exact) mass is 253 g/mol. The number of fused-ring (bicyclic) bond motifs is 1. The molecule has 0 saturated heterocycles. The van der Waals surface area contributed by atoms with Gasteiger partial charge in [0.25, 0.3) is 0 Å². The molecule has 4 nitrogen and oxygen atoms in total. The zero-order valence-corrected chi connectivity index (χ0v) is 10.7. The summed E-state index contributed by atoms with van der Waals surface area (Å²) in [5.74, 6) is 0. The molecular formula is C15H15N3O. The standard InChI is InChI=1S/C15H15N3O/c1-17-13-7-2-3-8-14(13)18(15(17)19)12-6-4-5-11(9-12)10-16/h2-9H,10,16H2,1H3. The Morgan fingerprint density at radius 1 is 1.05 bits per heavy atom. The molecule has 4 heteroatoms. The Hall–Kier alpha value is -2.33. The fourth-order valence-electron chi connectivity index (χ4n) is 2.37. The lowest BCUT2D eigenvalue weighted by molar-refractivity contribution is 0.845. The maximum Gasteiger partial charge on any atom is 0.333 e. The van der Waals surface area contributed by atoms with Crippen molar-refractivity contribution in [2.45, 2.75) is 6.54 Å². The molecule has 0 aliphatic rings. The molecule has 1 heterocycles. The van der Waals surface area contributed by atoms with Crippen LogP contribution in [0.5, 0.6) is 0 Å². The highest BCUT2D eigenvalue weighted by molar-refractivity contribution is 5.78. The Kier molecular flexibility index (Phi) is 2.72. The van der Waals surface area contributed by atoms with E-state index in [4.69, 9.17) is 5.73 Å². The van der Waals surface area contributed by atoms with Crippen LogP contribution in [-0.2, 0) is 13.6 Å². The summed E-state index contributed by atoms with van der Waals surface area (Å²) < 4.78 is 3.37. The van der Waals surface area contributed by atoms with Gasteiger partial charge in [-0.2, -0.15) is 0 Å². The maximum atomic E-state index is 12.4. The number of imidazole rings is 1. The number of aryl methyl sites for hydroxylation is 1. The van der Waals surface area contributed by atoms with Crippen LogP contribution in [0.15, 0.2) is 53.3 Å². The van der Waals surface area contributed by atoms with Gasteiger partial charge in [-0.3, -0.25) is 9.13 Å². The van der Waals surface area contributed by atoms with E-state index < -0.39 is 0 Å². The van der Waals surface area contributed by atoms with Gasteiger partial charge in [-0.1, -0.05) is 24.3 Å². The van der Waals surface area contributed by atoms with Crippen LogP contribution in [0.3, 0.4) is 0 Å². The minimum Gasteiger partial charge on any atom is -0.326 e. The summed E-state index contributed by atoms with van der Waals surface area (Å²) in [5.41, 5.74) is 9.31. The Bertz CT molecular complexity index is 799. The SMILES string of the molecule is Cn1c(=O)n(-c2cccc(CN)c2)c2ccccc21. The first-order chi connectivity index (χ1) is 9.22. The molecule has 19 heavy (non-hydrogen) atoms. The van der Waals surface area contributed by atoms with Gasteiger partial charge in [0.05, 0.1) is 16.7 Å². The molecule has 96 valence electrons. The summed E-state index contributed by atoms with van der Waals surface area (Å²) in [7, 11) is 1.79. The predicted molar refractivity (Wildman–Crippen MR) is 76.4 cm³/mol. The Morgan fingerprint density at radius 2 is 1.79 bits per heavy atom. The second-order valence-electron chi connectivity index (χ2n) is 4.54. The van der Waals surface area contributed by atoms with Crippen LogP contribution >= 0.6 is 0 Å². The third-order valence-corrected chi connectivity index (χ3v) is 3.37. The Balaban J connectivity index is 2.36. The topological polar surface area (TPSA) is 53.0 Å². The van der Waals surface area contributed by atoms with Crippen LogP contribution < -0.4 is 11.4 Å². The van der Waals surface area contributed by atoms with Crippen LogP contribution in [0.1, 0.15) is 5.56 Å². The number of nitrogens with zero attached hydrogens (tertiary/aromatic N) is 2. The fourth-order valence-corrected chi connectivity index (χ4v) is 2.37. The molecule has 0 saturated carbocycles. The summed E-state index contributed by atoms with van der Waals surface area (Å²) >= 11 is 0. The molecule has 0 spiro atoms. The van der Waals surface area contributed by atoms with E-state index in [0.29, 0.717) is 6.54 Å². The smallest absolute Gasteiger partial charge is 0.326 e. The highest BCUT2D eigenvalue weighted by Gasteiger charge is 2.11. The predicted octanol–water partition coefficient (Wildman–Crippen LogP) is 1.79. The van der Waals surface area contributed by atoms with E-state index in [1.54, 1.807) is 16.2 Å². The molecule has 0 amide bonds. The molecule has 1 aromatic heterocycles. The maximum absolute atomic E-state index is 12.4. The van der Waals surface area contributed by atoms with Crippen LogP contribution in [0, 0.1) is 0 Å². The molecule has 0 fully saturated rings. The molecule has 0 unspecified atom stereocenters. The van der Waals surface area contributed by atoms with Gasteiger partial charge >= 0.3 is 5.69 Å². The average molecular weight is 253 g/mol. The highest BCUT2D eigenvalue weighted by Crippen LogP contribution is 2.17. The zero-order valence-electron chi connectivity index (χ0n) is 10.7. The Morgan fingerprint density at radius 3 is 2.53 bits per heavy atom. The van der Waals surface area contributed by atoms with Gasteiger partial charge in [0.1, 0.15) is 0 Å². The van der Waals surface area contributed by atoms with E-state index >= 15 is 0 Å². The van der Waals surface area contributed by atoms with E-state index in [0.717, 1.165) is 22.3 Å². The van der Waals surface area contributed by atoms with Crippen molar-refractivity contribution in [3.8, 4) is 5.69 Å². The van der Waals surface area contributed by atoms with Crippen molar-refractivity contribution in [3.63, 3.8) is 0 Å². The van der Waals surface area contributed by atoms with Crippen molar-refractivity contribution in [2.75, 3.05) is 0 Å². The van der Waals surface area contributed by atoms with Crippen LogP contribution in [-0.4, -0.2) is 9.13 Å². The molecule has 0 radical (unpaired) electrons. The molecule has 0 bridgehead atoms. The second-order valence-corrected chi connectivity index (χ2v) is 4.54. The van der Waals surface area contributed by atoms with Gasteiger partial charge in [-0.25, -0.2) is 4.79 Å². The second kappa shape index (κ2) is 4.40. The first kappa shape index (κ1) is 11.7. The summed E-state index contributed by atoms with van der Waals surface area (Å²) in [5, 5.41) is 0. The molecule has 3 rings (SSSR count). The number of hydrogen-bond acceptors (Lipinski definition) is 2. The molecule has 0 aliphatic carbocycles. The van der Waals surface area contributed by atoms with Crippen molar-refractivity contribution in [2.24, 2.45) is 12.8 Å². The number of benzene rings is 2. The summed E-state index contributed by atoms with van der Waals surface area (Å²) in [4.78, 5) is 12.4. The van der Waals surface area contributed by atoms with Crippen molar-refractivity contribution in [1.29, 1.82) is 0 Å². The quantitative estimate of drug-likeness (QED) is 0.757. The minimum absolute atomic E-state index is 0.0460. The van der Waals surface area contributed by atoms with Crippen LogP contribution in [0.4, 0.5) is 0 Å². The number of hydrogen-bond donors (Lipinski definition) is 1. The normalized spacial score (nSPS) is 11.1. The van der Waals surface area contributed by atoms with E-state index in [1.165, 1.54) is 0 Å². The van der Waals surface area contributed by atoms with Crippen molar-refractivity contribution >= 4 is 11.0 Å². The first-order valence-corrected chi connectivity index (χ1v) is 6.18. The third kappa shape index (κ3) is 1.77. The number of aromatic nitrogens is 2. The van der Waals surface area contributed by atoms with Crippen molar-refractivity contribution in [3.05, 3.63) is 64.6 Å². The number of nitrogens with two attached hydrogens (primary N) is 1. The lowest BCUT2D eigenvalue weighted by atomic mass is 10.2. The van der Waals surface area contributed by atoms with Gasteiger partial charge in [0.2, 0.25) is 0 Å². The molecule has 2 aromatic carbocycles. The number of para-hydroxylation sites is 2. The van der Waals surface area contributed by atoms with Crippen molar-refractivity contribution in [1.82, 2.24) is 9.13 Å². The van der Waals surface area contributed by atoms with Gasteiger partial charge in [-0.15, -0.1) is 0 Å². The molecule has 3 aromatic rings. The Labute approximate surface area is 110 Å². The molecule has 0 atom stereocenters. The van der Waals surface area contributed by atoms with Gasteiger partial charge in [-0.05, 0) is 29.8 Å². The van der Waals surface area contributed by atoms with Gasteiger partial charge < -0.3 is 5.73 Å². The number of rotatable bonds is 2. The minimum atomic E-state index is -0.0460. The lowest BCUT2D eigenvalue weighted by Crippen LogP contribution is -2.20. The van der Waals surface area contributed by atoms with Crippen LogP contribution in [0.25, 0.3) is 16.7 Å². The van der Waals surface area contributed by atoms with Gasteiger partial charge in [0.15, 0.2) is 0 Å². The van der Waals surface area contributed by atoms with E-state index in [1.807, 2.05) is 48.5 Å². The third-order valence-electron chi connectivity index (χ3n) is 3.37. The fraction of sp³-hybridized carbons (Fsp3) is 0.133. The molecule has 0 aliphatic heterocycles.